The van der Waals surface area contributed by atoms with Gasteiger partial charge in [-0.1, -0.05) is 0 Å². The fourth-order valence-corrected chi connectivity index (χ4v) is 2.34. The van der Waals surface area contributed by atoms with E-state index >= 15 is 0 Å². The maximum atomic E-state index is 12.6. The van der Waals surface area contributed by atoms with Crippen molar-refractivity contribution in [2.45, 2.75) is 63.3 Å². The standard InChI is InChI=1S/C17H31N5O8/c1-9(23)14(19)17(30)22-11(5-6-12(24)25)16(29)21-10(4-2-3-7-18)15(28)20-8-13(26)27/h9-11,14,23H,2-8,18-19H2,1H3,(H,20,28)(H,21,29)(H,22,30)(H,24,25)(H,26,27). The van der Waals surface area contributed by atoms with E-state index in [1.165, 1.54) is 6.92 Å². The van der Waals surface area contributed by atoms with E-state index in [-0.39, 0.29) is 12.8 Å². The first-order valence-electron chi connectivity index (χ1n) is 9.45. The van der Waals surface area contributed by atoms with Crippen molar-refractivity contribution in [3.05, 3.63) is 0 Å². The minimum absolute atomic E-state index is 0.154. The number of carbonyl (C=O) groups excluding carboxylic acids is 3. The van der Waals surface area contributed by atoms with Crippen molar-refractivity contribution in [3.63, 3.8) is 0 Å². The summed E-state index contributed by atoms with van der Waals surface area (Å²) in [5.74, 6) is -4.93. The molecule has 172 valence electrons. The van der Waals surface area contributed by atoms with Crippen LogP contribution in [0.25, 0.3) is 0 Å². The summed E-state index contributed by atoms with van der Waals surface area (Å²) in [5.41, 5.74) is 10.9. The lowest BCUT2D eigenvalue weighted by molar-refractivity contribution is -0.139. The number of carbonyl (C=O) groups is 5. The van der Waals surface area contributed by atoms with E-state index in [9.17, 15) is 29.1 Å². The van der Waals surface area contributed by atoms with Crippen LogP contribution in [0.5, 0.6) is 0 Å². The van der Waals surface area contributed by atoms with Gasteiger partial charge >= 0.3 is 11.9 Å². The number of aliphatic hydroxyl groups is 1. The molecule has 0 bridgehead atoms. The highest BCUT2D eigenvalue weighted by Gasteiger charge is 2.29. The summed E-state index contributed by atoms with van der Waals surface area (Å²) >= 11 is 0. The van der Waals surface area contributed by atoms with Gasteiger partial charge in [-0.05, 0) is 39.2 Å². The first-order chi connectivity index (χ1) is 14.0. The fraction of sp³-hybridized carbons (Fsp3) is 0.706. The number of carboxylic acids is 2. The van der Waals surface area contributed by atoms with E-state index in [4.69, 9.17) is 21.7 Å². The Morgan fingerprint density at radius 2 is 1.43 bits per heavy atom. The topological polar surface area (TPSA) is 234 Å². The molecule has 0 aromatic heterocycles. The molecule has 0 aliphatic heterocycles. The molecule has 0 rings (SSSR count). The predicted molar refractivity (Wildman–Crippen MR) is 104 cm³/mol. The van der Waals surface area contributed by atoms with Gasteiger partial charge in [0.05, 0.1) is 6.10 Å². The Bertz CT molecular complexity index is 613. The third kappa shape index (κ3) is 11.3. The molecule has 13 heteroatoms. The normalized spacial score (nSPS) is 14.7. The average Bonchev–Trinajstić information content (AvgIpc) is 2.67. The van der Waals surface area contributed by atoms with Gasteiger partial charge in [-0.15, -0.1) is 0 Å². The molecule has 4 atom stereocenters. The molecule has 0 saturated carbocycles. The van der Waals surface area contributed by atoms with Gasteiger partial charge < -0.3 is 42.7 Å². The zero-order chi connectivity index (χ0) is 23.3. The van der Waals surface area contributed by atoms with Crippen LogP contribution in [-0.4, -0.2) is 82.3 Å². The van der Waals surface area contributed by atoms with Crippen LogP contribution in [0.1, 0.15) is 39.0 Å². The Kier molecular flexibility index (Phi) is 12.9. The highest BCUT2D eigenvalue weighted by Crippen LogP contribution is 2.05. The average molecular weight is 433 g/mol. The zero-order valence-electron chi connectivity index (χ0n) is 16.8. The SMILES string of the molecule is CC(O)C(N)C(=O)NC(CCC(=O)O)C(=O)NC(CCCCN)C(=O)NCC(=O)O. The van der Waals surface area contributed by atoms with Crippen LogP contribution in [0.3, 0.4) is 0 Å². The minimum atomic E-state index is -1.34. The summed E-state index contributed by atoms with van der Waals surface area (Å²) in [6, 6.07) is -3.79. The maximum absolute atomic E-state index is 12.6. The Labute approximate surface area is 173 Å². The molecular formula is C17H31N5O8. The molecule has 0 heterocycles. The Hall–Kier alpha value is -2.77. The molecule has 0 aliphatic carbocycles. The van der Waals surface area contributed by atoms with E-state index in [2.05, 4.69) is 16.0 Å². The number of rotatable bonds is 15. The zero-order valence-corrected chi connectivity index (χ0v) is 16.8. The molecule has 30 heavy (non-hydrogen) atoms. The number of aliphatic hydroxyl groups excluding tert-OH is 1. The minimum Gasteiger partial charge on any atom is -0.481 e. The van der Waals surface area contributed by atoms with Crippen molar-refractivity contribution in [1.82, 2.24) is 16.0 Å². The smallest absolute Gasteiger partial charge is 0.322 e. The van der Waals surface area contributed by atoms with Crippen molar-refractivity contribution in [2.24, 2.45) is 11.5 Å². The van der Waals surface area contributed by atoms with Gasteiger partial charge in [-0.3, -0.25) is 24.0 Å². The van der Waals surface area contributed by atoms with Crippen LogP contribution in [0, 0.1) is 0 Å². The Morgan fingerprint density at radius 3 is 1.93 bits per heavy atom. The molecule has 0 spiro atoms. The Balaban J connectivity index is 5.29. The lowest BCUT2D eigenvalue weighted by Crippen LogP contribution is -2.57. The maximum Gasteiger partial charge on any atom is 0.322 e. The molecule has 0 radical (unpaired) electrons. The van der Waals surface area contributed by atoms with Gasteiger partial charge in [-0.25, -0.2) is 0 Å². The van der Waals surface area contributed by atoms with Gasteiger partial charge in [0.1, 0.15) is 24.7 Å². The third-order valence-corrected chi connectivity index (χ3v) is 4.10. The second-order valence-electron chi connectivity index (χ2n) is 6.72. The third-order valence-electron chi connectivity index (χ3n) is 4.10. The number of hydrogen-bond acceptors (Lipinski definition) is 8. The molecule has 13 nitrogen and oxygen atoms in total. The molecule has 4 unspecified atom stereocenters. The van der Waals surface area contributed by atoms with E-state index in [0.717, 1.165) is 0 Å². The van der Waals surface area contributed by atoms with Crippen molar-refractivity contribution in [3.8, 4) is 0 Å². The molecule has 0 aliphatic rings. The van der Waals surface area contributed by atoms with Crippen molar-refractivity contribution in [2.75, 3.05) is 13.1 Å². The number of nitrogens with one attached hydrogen (secondary N) is 3. The molecule has 10 N–H and O–H groups in total. The number of amides is 3. The molecule has 3 amide bonds. The number of hydrogen-bond donors (Lipinski definition) is 8. The highest BCUT2D eigenvalue weighted by molar-refractivity contribution is 5.94. The molecular weight excluding hydrogens is 402 g/mol. The summed E-state index contributed by atoms with van der Waals surface area (Å²) in [6.07, 6.45) is -0.779. The first-order valence-corrected chi connectivity index (χ1v) is 9.45. The second kappa shape index (κ2) is 14.3. The van der Waals surface area contributed by atoms with Gasteiger partial charge in [0, 0.05) is 6.42 Å². The van der Waals surface area contributed by atoms with Crippen LogP contribution in [-0.2, 0) is 24.0 Å². The number of carboxylic acid groups (broad SMARTS) is 2. The largest absolute Gasteiger partial charge is 0.481 e. The number of unbranched alkanes of at least 4 members (excludes halogenated alkanes) is 1. The first kappa shape index (κ1) is 27.2. The van der Waals surface area contributed by atoms with E-state index in [1.807, 2.05) is 0 Å². The van der Waals surface area contributed by atoms with Gasteiger partial charge in [0.25, 0.3) is 0 Å². The number of aliphatic carboxylic acids is 2. The predicted octanol–water partition coefficient (Wildman–Crippen LogP) is -3.14. The highest BCUT2D eigenvalue weighted by atomic mass is 16.4. The lowest BCUT2D eigenvalue weighted by atomic mass is 10.1. The van der Waals surface area contributed by atoms with Crippen molar-refractivity contribution in [1.29, 1.82) is 0 Å². The molecule has 0 aromatic rings. The van der Waals surface area contributed by atoms with Gasteiger partial charge in [-0.2, -0.15) is 0 Å². The summed E-state index contributed by atoms with van der Waals surface area (Å²) in [4.78, 5) is 58.4. The van der Waals surface area contributed by atoms with Crippen molar-refractivity contribution >= 4 is 29.7 Å². The van der Waals surface area contributed by atoms with Crippen LogP contribution in [0.15, 0.2) is 0 Å². The van der Waals surface area contributed by atoms with Crippen LogP contribution >= 0.6 is 0 Å². The number of nitrogens with two attached hydrogens (primary N) is 2. The van der Waals surface area contributed by atoms with Crippen molar-refractivity contribution < 1.29 is 39.3 Å². The quantitative estimate of drug-likeness (QED) is 0.121. The molecule has 0 fully saturated rings. The lowest BCUT2D eigenvalue weighted by Gasteiger charge is -2.24. The van der Waals surface area contributed by atoms with E-state index in [1.54, 1.807) is 0 Å². The van der Waals surface area contributed by atoms with Gasteiger partial charge in [0.2, 0.25) is 17.7 Å². The Morgan fingerprint density at radius 1 is 0.867 bits per heavy atom. The van der Waals surface area contributed by atoms with E-state index in [0.29, 0.717) is 19.4 Å². The summed E-state index contributed by atoms with van der Waals surface area (Å²) in [6.45, 7) is 0.979. The molecule has 0 aromatic carbocycles. The van der Waals surface area contributed by atoms with Crippen LogP contribution in [0.2, 0.25) is 0 Å². The monoisotopic (exact) mass is 433 g/mol. The van der Waals surface area contributed by atoms with Gasteiger partial charge in [0.15, 0.2) is 0 Å². The summed E-state index contributed by atoms with van der Waals surface area (Å²) < 4.78 is 0. The van der Waals surface area contributed by atoms with Crippen LogP contribution in [0.4, 0.5) is 0 Å². The summed E-state index contributed by atoms with van der Waals surface area (Å²) in [7, 11) is 0. The molecule has 0 saturated heterocycles. The second-order valence-corrected chi connectivity index (χ2v) is 6.72. The van der Waals surface area contributed by atoms with E-state index < -0.39 is 66.9 Å². The fourth-order valence-electron chi connectivity index (χ4n) is 2.34. The van der Waals surface area contributed by atoms with Crippen LogP contribution < -0.4 is 27.4 Å². The summed E-state index contributed by atoms with van der Waals surface area (Å²) in [5, 5.41) is 33.8.